The van der Waals surface area contributed by atoms with Gasteiger partial charge in [-0.3, -0.25) is 0 Å². The van der Waals surface area contributed by atoms with Gasteiger partial charge in [0.15, 0.2) is 0 Å². The van der Waals surface area contributed by atoms with E-state index in [0.29, 0.717) is 5.02 Å². The standard InChI is InChI=1S/C10H12ClNS/c1-3-8(2)7-13-10-5-4-9(11)6-12-10/h4-6H,2-3,7H2,1H3. The second-order valence-electron chi connectivity index (χ2n) is 2.71. The quantitative estimate of drug-likeness (QED) is 0.558. The second-order valence-corrected chi connectivity index (χ2v) is 4.14. The molecule has 1 aromatic rings. The molecule has 0 bridgehead atoms. The van der Waals surface area contributed by atoms with E-state index in [2.05, 4.69) is 18.5 Å². The summed E-state index contributed by atoms with van der Waals surface area (Å²) in [6.07, 6.45) is 2.69. The topological polar surface area (TPSA) is 12.9 Å². The minimum absolute atomic E-state index is 0.679. The lowest BCUT2D eigenvalue weighted by Gasteiger charge is -2.01. The summed E-state index contributed by atoms with van der Waals surface area (Å²) < 4.78 is 0. The van der Waals surface area contributed by atoms with Gasteiger partial charge in [-0.05, 0) is 18.6 Å². The maximum atomic E-state index is 5.71. The van der Waals surface area contributed by atoms with Gasteiger partial charge in [-0.15, -0.1) is 11.8 Å². The molecule has 13 heavy (non-hydrogen) atoms. The molecule has 0 fully saturated rings. The highest BCUT2D eigenvalue weighted by Crippen LogP contribution is 2.19. The molecule has 0 saturated heterocycles. The minimum atomic E-state index is 0.679. The van der Waals surface area contributed by atoms with Gasteiger partial charge in [-0.2, -0.15) is 0 Å². The van der Waals surface area contributed by atoms with Crippen LogP contribution in [0.15, 0.2) is 35.5 Å². The van der Waals surface area contributed by atoms with E-state index in [0.717, 1.165) is 17.2 Å². The summed E-state index contributed by atoms with van der Waals surface area (Å²) in [7, 11) is 0. The van der Waals surface area contributed by atoms with Crippen molar-refractivity contribution in [1.82, 2.24) is 4.98 Å². The Morgan fingerprint density at radius 2 is 2.38 bits per heavy atom. The monoisotopic (exact) mass is 213 g/mol. The minimum Gasteiger partial charge on any atom is -0.248 e. The zero-order chi connectivity index (χ0) is 9.68. The molecule has 0 aliphatic rings. The van der Waals surface area contributed by atoms with Crippen molar-refractivity contribution in [2.75, 3.05) is 5.75 Å². The molecule has 0 aliphatic heterocycles. The molecular formula is C10H12ClNS. The molecule has 0 unspecified atom stereocenters. The van der Waals surface area contributed by atoms with Crippen LogP contribution < -0.4 is 0 Å². The van der Waals surface area contributed by atoms with Crippen LogP contribution in [0, 0.1) is 0 Å². The molecule has 0 saturated carbocycles. The van der Waals surface area contributed by atoms with E-state index in [1.165, 1.54) is 5.57 Å². The van der Waals surface area contributed by atoms with E-state index in [9.17, 15) is 0 Å². The van der Waals surface area contributed by atoms with Gasteiger partial charge in [0.1, 0.15) is 0 Å². The summed E-state index contributed by atoms with van der Waals surface area (Å²) in [6, 6.07) is 3.78. The number of hydrogen-bond donors (Lipinski definition) is 0. The van der Waals surface area contributed by atoms with Crippen molar-refractivity contribution in [3.8, 4) is 0 Å². The Bertz CT molecular complexity index is 281. The summed E-state index contributed by atoms with van der Waals surface area (Å²) in [5.74, 6) is 0.936. The first-order chi connectivity index (χ1) is 6.22. The van der Waals surface area contributed by atoms with Crippen LogP contribution in [0.1, 0.15) is 13.3 Å². The molecule has 70 valence electrons. The second kappa shape index (κ2) is 5.30. The lowest BCUT2D eigenvalue weighted by Crippen LogP contribution is -1.85. The van der Waals surface area contributed by atoms with E-state index >= 15 is 0 Å². The van der Waals surface area contributed by atoms with Crippen molar-refractivity contribution >= 4 is 23.4 Å². The Labute approximate surface area is 88.2 Å². The Balaban J connectivity index is 2.46. The van der Waals surface area contributed by atoms with Gasteiger partial charge in [0, 0.05) is 11.9 Å². The fourth-order valence-corrected chi connectivity index (χ4v) is 1.69. The Kier molecular flexibility index (Phi) is 4.33. The van der Waals surface area contributed by atoms with Crippen molar-refractivity contribution in [3.63, 3.8) is 0 Å². The Morgan fingerprint density at radius 1 is 1.62 bits per heavy atom. The molecule has 1 nitrogen and oxygen atoms in total. The van der Waals surface area contributed by atoms with Crippen molar-refractivity contribution in [2.45, 2.75) is 18.4 Å². The van der Waals surface area contributed by atoms with Crippen molar-refractivity contribution < 1.29 is 0 Å². The molecule has 0 spiro atoms. The van der Waals surface area contributed by atoms with E-state index < -0.39 is 0 Å². The van der Waals surface area contributed by atoms with Crippen LogP contribution in [0.4, 0.5) is 0 Å². The summed E-state index contributed by atoms with van der Waals surface area (Å²) >= 11 is 7.40. The molecule has 0 amide bonds. The van der Waals surface area contributed by atoms with Crippen molar-refractivity contribution in [1.29, 1.82) is 0 Å². The molecular weight excluding hydrogens is 202 g/mol. The van der Waals surface area contributed by atoms with Crippen LogP contribution in [-0.4, -0.2) is 10.7 Å². The zero-order valence-corrected chi connectivity index (χ0v) is 9.16. The number of halogens is 1. The molecule has 0 atom stereocenters. The van der Waals surface area contributed by atoms with Gasteiger partial charge < -0.3 is 0 Å². The largest absolute Gasteiger partial charge is 0.248 e. The first-order valence-electron chi connectivity index (χ1n) is 4.13. The highest BCUT2D eigenvalue weighted by molar-refractivity contribution is 7.99. The predicted molar refractivity (Wildman–Crippen MR) is 59.4 cm³/mol. The first-order valence-corrected chi connectivity index (χ1v) is 5.49. The van der Waals surface area contributed by atoms with Gasteiger partial charge in [-0.1, -0.05) is 30.7 Å². The molecule has 0 aromatic carbocycles. The highest BCUT2D eigenvalue weighted by atomic mass is 35.5. The smallest absolute Gasteiger partial charge is 0.0964 e. The normalized spacial score (nSPS) is 10.0. The third-order valence-electron chi connectivity index (χ3n) is 1.62. The third kappa shape index (κ3) is 3.83. The Morgan fingerprint density at radius 3 is 2.92 bits per heavy atom. The van der Waals surface area contributed by atoms with Gasteiger partial charge in [-0.25, -0.2) is 4.98 Å². The lowest BCUT2D eigenvalue weighted by atomic mass is 10.3. The van der Waals surface area contributed by atoms with Gasteiger partial charge in [0.2, 0.25) is 0 Å². The van der Waals surface area contributed by atoms with E-state index in [-0.39, 0.29) is 0 Å². The average Bonchev–Trinajstić information content (AvgIpc) is 2.16. The first kappa shape index (κ1) is 10.6. The molecule has 3 heteroatoms. The number of rotatable bonds is 4. The van der Waals surface area contributed by atoms with Gasteiger partial charge >= 0.3 is 0 Å². The highest BCUT2D eigenvalue weighted by Gasteiger charge is 1.96. The third-order valence-corrected chi connectivity index (χ3v) is 2.94. The van der Waals surface area contributed by atoms with E-state index in [4.69, 9.17) is 11.6 Å². The number of pyridine rings is 1. The lowest BCUT2D eigenvalue weighted by molar-refractivity contribution is 1.10. The van der Waals surface area contributed by atoms with Crippen LogP contribution in [0.3, 0.4) is 0 Å². The van der Waals surface area contributed by atoms with E-state index in [1.54, 1.807) is 18.0 Å². The fraction of sp³-hybridized carbons (Fsp3) is 0.300. The molecule has 1 rings (SSSR count). The van der Waals surface area contributed by atoms with Gasteiger partial charge in [0.05, 0.1) is 10.0 Å². The zero-order valence-electron chi connectivity index (χ0n) is 7.59. The van der Waals surface area contributed by atoms with Crippen LogP contribution in [0.5, 0.6) is 0 Å². The number of nitrogens with zero attached hydrogens (tertiary/aromatic N) is 1. The SMILES string of the molecule is C=C(CC)CSc1ccc(Cl)cn1. The molecule has 0 aliphatic carbocycles. The number of aromatic nitrogens is 1. The molecule has 0 radical (unpaired) electrons. The van der Waals surface area contributed by atoms with Gasteiger partial charge in [0.25, 0.3) is 0 Å². The number of thioether (sulfide) groups is 1. The van der Waals surface area contributed by atoms with E-state index in [1.807, 2.05) is 12.1 Å². The van der Waals surface area contributed by atoms with Crippen LogP contribution in [0.2, 0.25) is 5.02 Å². The van der Waals surface area contributed by atoms with Crippen LogP contribution >= 0.6 is 23.4 Å². The molecule has 0 N–H and O–H groups in total. The summed E-state index contributed by atoms with van der Waals surface area (Å²) in [4.78, 5) is 4.17. The predicted octanol–water partition coefficient (Wildman–Crippen LogP) is 3.79. The summed E-state index contributed by atoms with van der Waals surface area (Å²) in [5.41, 5.74) is 1.24. The van der Waals surface area contributed by atoms with Crippen LogP contribution in [0.25, 0.3) is 0 Å². The summed E-state index contributed by atoms with van der Waals surface area (Å²) in [5, 5.41) is 1.68. The molecule has 1 heterocycles. The fourth-order valence-electron chi connectivity index (χ4n) is 0.726. The maximum absolute atomic E-state index is 5.71. The summed E-state index contributed by atoms with van der Waals surface area (Å²) in [6.45, 7) is 6.04. The van der Waals surface area contributed by atoms with Crippen LogP contribution in [-0.2, 0) is 0 Å². The average molecular weight is 214 g/mol. The molecule has 1 aromatic heterocycles. The van der Waals surface area contributed by atoms with Crippen molar-refractivity contribution in [3.05, 3.63) is 35.5 Å². The number of hydrogen-bond acceptors (Lipinski definition) is 2. The van der Waals surface area contributed by atoms with Crippen molar-refractivity contribution in [2.24, 2.45) is 0 Å². The Hall–Kier alpha value is -0.470. The maximum Gasteiger partial charge on any atom is 0.0964 e.